The summed E-state index contributed by atoms with van der Waals surface area (Å²) >= 11 is 0. The summed E-state index contributed by atoms with van der Waals surface area (Å²) in [4.78, 5) is 0. The lowest BCUT2D eigenvalue weighted by atomic mass is 10.0. The lowest BCUT2D eigenvalue weighted by Gasteiger charge is -2.21. The van der Waals surface area contributed by atoms with Crippen LogP contribution in [0.15, 0.2) is 24.3 Å². The Bertz CT molecular complexity index is 438. The molecular formula is C12H10F3NO. The first-order chi connectivity index (χ1) is 8.03. The van der Waals surface area contributed by atoms with Crippen molar-refractivity contribution in [1.82, 2.24) is 5.32 Å². The van der Waals surface area contributed by atoms with E-state index < -0.39 is 6.36 Å². The predicted molar refractivity (Wildman–Crippen MR) is 56.4 cm³/mol. The lowest BCUT2D eigenvalue weighted by molar-refractivity contribution is -0.274. The molecule has 1 heterocycles. The largest absolute Gasteiger partial charge is 0.573 e. The molecule has 0 spiro atoms. The van der Waals surface area contributed by atoms with Gasteiger partial charge in [0.15, 0.2) is 0 Å². The van der Waals surface area contributed by atoms with Crippen LogP contribution in [0, 0.1) is 17.8 Å². The maximum Gasteiger partial charge on any atom is 0.573 e. The van der Waals surface area contributed by atoms with Gasteiger partial charge in [0.25, 0.3) is 0 Å². The Labute approximate surface area is 96.8 Å². The van der Waals surface area contributed by atoms with Crippen LogP contribution in [0.5, 0.6) is 5.75 Å². The molecule has 1 aromatic carbocycles. The quantitative estimate of drug-likeness (QED) is 0.761. The summed E-state index contributed by atoms with van der Waals surface area (Å²) in [7, 11) is 0. The van der Waals surface area contributed by atoms with Crippen molar-refractivity contribution < 1.29 is 17.9 Å². The van der Waals surface area contributed by atoms with Gasteiger partial charge in [0.05, 0.1) is 0 Å². The first kappa shape index (κ1) is 11.8. The maximum atomic E-state index is 11.9. The van der Waals surface area contributed by atoms with Gasteiger partial charge in [0.1, 0.15) is 5.75 Å². The summed E-state index contributed by atoms with van der Waals surface area (Å²) in [6.07, 6.45) is -4.65. The van der Waals surface area contributed by atoms with E-state index in [2.05, 4.69) is 21.9 Å². The zero-order valence-electron chi connectivity index (χ0n) is 8.84. The minimum absolute atomic E-state index is 0.228. The number of halogens is 3. The molecule has 5 heteroatoms. The van der Waals surface area contributed by atoms with Crippen molar-refractivity contribution in [2.75, 3.05) is 13.1 Å². The Morgan fingerprint density at radius 2 is 1.82 bits per heavy atom. The average Bonchev–Trinajstić information content (AvgIpc) is 2.16. The molecule has 90 valence electrons. The molecule has 1 saturated heterocycles. The van der Waals surface area contributed by atoms with Crippen LogP contribution >= 0.6 is 0 Å². The van der Waals surface area contributed by atoms with Crippen molar-refractivity contribution >= 4 is 0 Å². The highest BCUT2D eigenvalue weighted by atomic mass is 19.4. The first-order valence-corrected chi connectivity index (χ1v) is 5.11. The van der Waals surface area contributed by atoms with E-state index in [1.54, 1.807) is 0 Å². The molecule has 17 heavy (non-hydrogen) atoms. The number of alkyl halides is 3. The van der Waals surface area contributed by atoms with E-state index in [-0.39, 0.29) is 5.75 Å². The Balaban J connectivity index is 1.99. The third-order valence-electron chi connectivity index (χ3n) is 2.29. The molecular weight excluding hydrogens is 231 g/mol. The molecule has 0 bridgehead atoms. The third kappa shape index (κ3) is 3.68. The number of benzene rings is 1. The van der Waals surface area contributed by atoms with Crippen LogP contribution in [0.1, 0.15) is 5.56 Å². The fourth-order valence-electron chi connectivity index (χ4n) is 1.32. The van der Waals surface area contributed by atoms with E-state index in [1.807, 2.05) is 0 Å². The molecule has 0 atom stereocenters. The van der Waals surface area contributed by atoms with E-state index in [0.717, 1.165) is 13.1 Å². The van der Waals surface area contributed by atoms with Crippen molar-refractivity contribution in [3.05, 3.63) is 29.8 Å². The summed E-state index contributed by atoms with van der Waals surface area (Å²) in [6.45, 7) is 1.75. The van der Waals surface area contributed by atoms with Crippen LogP contribution in [0.25, 0.3) is 0 Å². The minimum atomic E-state index is -4.65. The highest BCUT2D eigenvalue weighted by molar-refractivity contribution is 5.38. The molecule has 0 unspecified atom stereocenters. The van der Waals surface area contributed by atoms with Gasteiger partial charge in [-0.1, -0.05) is 11.8 Å². The number of hydrogen-bond donors (Lipinski definition) is 1. The van der Waals surface area contributed by atoms with Crippen molar-refractivity contribution in [2.45, 2.75) is 6.36 Å². The molecule has 1 fully saturated rings. The molecule has 1 aromatic rings. The Morgan fingerprint density at radius 1 is 1.18 bits per heavy atom. The van der Waals surface area contributed by atoms with Gasteiger partial charge in [-0.05, 0) is 24.3 Å². The van der Waals surface area contributed by atoms with Crippen LogP contribution in [0.3, 0.4) is 0 Å². The minimum Gasteiger partial charge on any atom is -0.406 e. The van der Waals surface area contributed by atoms with E-state index in [1.165, 1.54) is 24.3 Å². The third-order valence-corrected chi connectivity index (χ3v) is 2.29. The molecule has 0 aliphatic carbocycles. The molecule has 0 radical (unpaired) electrons. The summed E-state index contributed by atoms with van der Waals surface area (Å²) < 4.78 is 39.4. The smallest absolute Gasteiger partial charge is 0.406 e. The van der Waals surface area contributed by atoms with Crippen LogP contribution in [-0.2, 0) is 0 Å². The molecule has 0 saturated carbocycles. The Kier molecular flexibility index (Phi) is 3.25. The summed E-state index contributed by atoms with van der Waals surface area (Å²) in [5.41, 5.74) is 0.687. The molecule has 0 aromatic heterocycles. The zero-order chi connectivity index (χ0) is 12.3. The van der Waals surface area contributed by atoms with Crippen LogP contribution in [-0.4, -0.2) is 19.5 Å². The second kappa shape index (κ2) is 4.68. The van der Waals surface area contributed by atoms with Gasteiger partial charge in [-0.25, -0.2) is 0 Å². The van der Waals surface area contributed by atoms with Gasteiger partial charge in [0.2, 0.25) is 0 Å². The number of nitrogens with one attached hydrogen (secondary N) is 1. The van der Waals surface area contributed by atoms with Crippen LogP contribution in [0.4, 0.5) is 13.2 Å². The number of ether oxygens (including phenoxy) is 1. The molecule has 2 rings (SSSR count). The molecule has 1 aliphatic heterocycles. The van der Waals surface area contributed by atoms with Gasteiger partial charge in [0, 0.05) is 24.6 Å². The average molecular weight is 241 g/mol. The van der Waals surface area contributed by atoms with E-state index in [4.69, 9.17) is 0 Å². The van der Waals surface area contributed by atoms with Crippen molar-refractivity contribution in [3.63, 3.8) is 0 Å². The first-order valence-electron chi connectivity index (χ1n) is 5.11. The molecule has 1 aliphatic rings. The fraction of sp³-hybridized carbons (Fsp3) is 0.333. The second-order valence-corrected chi connectivity index (χ2v) is 3.70. The highest BCUT2D eigenvalue weighted by Gasteiger charge is 2.30. The van der Waals surface area contributed by atoms with Gasteiger partial charge < -0.3 is 10.1 Å². The number of rotatable bonds is 1. The van der Waals surface area contributed by atoms with Crippen molar-refractivity contribution in [1.29, 1.82) is 0 Å². The van der Waals surface area contributed by atoms with Crippen molar-refractivity contribution in [2.24, 2.45) is 5.92 Å². The van der Waals surface area contributed by atoms with E-state index >= 15 is 0 Å². The summed E-state index contributed by atoms with van der Waals surface area (Å²) in [5.74, 6) is 6.06. The lowest BCUT2D eigenvalue weighted by Crippen LogP contribution is -2.40. The normalized spacial score (nSPS) is 15.7. The topological polar surface area (TPSA) is 21.3 Å². The number of hydrogen-bond acceptors (Lipinski definition) is 2. The molecule has 0 amide bonds. The monoisotopic (exact) mass is 241 g/mol. The summed E-state index contributed by atoms with van der Waals surface area (Å²) in [6, 6.07) is 5.55. The molecule has 1 N–H and O–H groups in total. The Hall–Kier alpha value is -1.67. The van der Waals surface area contributed by atoms with Crippen LogP contribution in [0.2, 0.25) is 0 Å². The van der Waals surface area contributed by atoms with Gasteiger partial charge in [-0.2, -0.15) is 0 Å². The molecule has 2 nitrogen and oxygen atoms in total. The van der Waals surface area contributed by atoms with E-state index in [0.29, 0.717) is 11.5 Å². The SMILES string of the molecule is FC(F)(F)Oc1ccc(C#CC2CNC2)cc1. The predicted octanol–water partition coefficient (Wildman–Crippen LogP) is 2.16. The Morgan fingerprint density at radius 3 is 2.29 bits per heavy atom. The summed E-state index contributed by atoms with van der Waals surface area (Å²) in [5, 5.41) is 3.08. The highest BCUT2D eigenvalue weighted by Crippen LogP contribution is 2.22. The van der Waals surface area contributed by atoms with Gasteiger partial charge >= 0.3 is 6.36 Å². The van der Waals surface area contributed by atoms with Gasteiger partial charge in [-0.15, -0.1) is 13.2 Å². The van der Waals surface area contributed by atoms with Crippen LogP contribution < -0.4 is 10.1 Å². The standard InChI is InChI=1S/C12H10F3NO/c13-12(14,15)17-11-5-3-9(4-6-11)1-2-10-7-16-8-10/h3-6,10,16H,7-8H2. The van der Waals surface area contributed by atoms with E-state index in [9.17, 15) is 13.2 Å². The zero-order valence-corrected chi connectivity index (χ0v) is 8.84. The van der Waals surface area contributed by atoms with Crippen molar-refractivity contribution in [3.8, 4) is 17.6 Å². The second-order valence-electron chi connectivity index (χ2n) is 3.70. The maximum absolute atomic E-state index is 11.9. The van der Waals surface area contributed by atoms with Gasteiger partial charge in [-0.3, -0.25) is 0 Å². The fourth-order valence-corrected chi connectivity index (χ4v) is 1.32.